The van der Waals surface area contributed by atoms with Crippen molar-refractivity contribution < 1.29 is 0 Å². The Kier molecular flexibility index (Phi) is 4.27. The van der Waals surface area contributed by atoms with E-state index in [0.29, 0.717) is 28.5 Å². The Bertz CT molecular complexity index is 704. The molecule has 2 heterocycles. The molecule has 0 radical (unpaired) electrons. The van der Waals surface area contributed by atoms with Crippen LogP contribution in [0.1, 0.15) is 32.0 Å². The number of aromatic nitrogens is 2. The summed E-state index contributed by atoms with van der Waals surface area (Å²) >= 11 is 6.20. The third-order valence-electron chi connectivity index (χ3n) is 4.14. The Labute approximate surface area is 129 Å². The van der Waals surface area contributed by atoms with E-state index in [1.54, 1.807) is 10.6 Å². The topological polar surface area (TPSA) is 46.9 Å². The second kappa shape index (κ2) is 6.16. The molecule has 1 aromatic carbocycles. The average molecular weight is 306 g/mol. The molecule has 4 nitrogen and oxygen atoms in total. The quantitative estimate of drug-likeness (QED) is 0.948. The largest absolute Gasteiger partial charge is 0.312 e. The van der Waals surface area contributed by atoms with Crippen LogP contribution in [0.15, 0.2) is 23.0 Å². The summed E-state index contributed by atoms with van der Waals surface area (Å²) in [6, 6.07) is 5.79. The van der Waals surface area contributed by atoms with Crippen molar-refractivity contribution in [2.45, 2.75) is 45.2 Å². The van der Waals surface area contributed by atoms with Gasteiger partial charge in [-0.2, -0.15) is 0 Å². The zero-order valence-corrected chi connectivity index (χ0v) is 13.0. The lowest BCUT2D eigenvalue weighted by molar-refractivity contribution is 0.355. The minimum Gasteiger partial charge on any atom is -0.312 e. The van der Waals surface area contributed by atoms with Gasteiger partial charge in [0.25, 0.3) is 5.56 Å². The number of hydrogen-bond donors (Lipinski definition) is 1. The molecule has 0 saturated carbocycles. The predicted molar refractivity (Wildman–Crippen MR) is 86.0 cm³/mol. The van der Waals surface area contributed by atoms with Crippen molar-refractivity contribution in [2.75, 3.05) is 6.54 Å². The summed E-state index contributed by atoms with van der Waals surface area (Å²) < 4.78 is 1.80. The molecule has 1 atom stereocenters. The first-order chi connectivity index (χ1) is 10.2. The summed E-state index contributed by atoms with van der Waals surface area (Å²) in [7, 11) is 0. The summed E-state index contributed by atoms with van der Waals surface area (Å²) in [6.45, 7) is 3.74. The summed E-state index contributed by atoms with van der Waals surface area (Å²) in [6.07, 6.45) is 4.28. The van der Waals surface area contributed by atoms with Gasteiger partial charge in [0.1, 0.15) is 5.82 Å². The lowest BCUT2D eigenvalue weighted by atomic mass is 10.0. The molecule has 1 aliphatic heterocycles. The van der Waals surface area contributed by atoms with Crippen LogP contribution in [0, 0.1) is 0 Å². The van der Waals surface area contributed by atoms with Crippen LogP contribution in [0.4, 0.5) is 0 Å². The Hall–Kier alpha value is -1.39. The minimum atomic E-state index is -0.0187. The number of hydrogen-bond acceptors (Lipinski definition) is 3. The molecule has 112 valence electrons. The lowest BCUT2D eigenvalue weighted by Crippen LogP contribution is -2.41. The van der Waals surface area contributed by atoms with Gasteiger partial charge in [-0.25, -0.2) is 4.98 Å². The van der Waals surface area contributed by atoms with Crippen molar-refractivity contribution in [3.05, 3.63) is 39.4 Å². The molecule has 0 amide bonds. The third-order valence-corrected chi connectivity index (χ3v) is 4.46. The highest BCUT2D eigenvalue weighted by molar-refractivity contribution is 6.35. The zero-order chi connectivity index (χ0) is 14.8. The van der Waals surface area contributed by atoms with Crippen molar-refractivity contribution in [3.8, 4) is 0 Å². The second-order valence-corrected chi connectivity index (χ2v) is 5.99. The first kappa shape index (κ1) is 14.5. The van der Waals surface area contributed by atoms with E-state index in [1.165, 1.54) is 12.8 Å². The van der Waals surface area contributed by atoms with Gasteiger partial charge < -0.3 is 5.32 Å². The molecule has 0 aliphatic carbocycles. The molecule has 3 rings (SSSR count). The molecule has 5 heteroatoms. The Balaban J connectivity index is 2.09. The van der Waals surface area contributed by atoms with Gasteiger partial charge in [-0.05, 0) is 31.5 Å². The van der Waals surface area contributed by atoms with Crippen molar-refractivity contribution in [3.63, 3.8) is 0 Å². The van der Waals surface area contributed by atoms with E-state index < -0.39 is 0 Å². The standard InChI is InChI=1S/C16H20ClN3O/c1-2-14-19-13-8-5-7-12(17)15(13)16(21)20(14)10-11-6-3-4-9-18-11/h5,7-8,11,18H,2-4,6,9-10H2,1H3. The van der Waals surface area contributed by atoms with Crippen LogP contribution in [0.25, 0.3) is 10.9 Å². The van der Waals surface area contributed by atoms with Crippen LogP contribution in [0.5, 0.6) is 0 Å². The monoisotopic (exact) mass is 305 g/mol. The van der Waals surface area contributed by atoms with Gasteiger partial charge in [-0.15, -0.1) is 0 Å². The van der Waals surface area contributed by atoms with E-state index in [9.17, 15) is 4.79 Å². The second-order valence-electron chi connectivity index (χ2n) is 5.58. The van der Waals surface area contributed by atoms with E-state index in [-0.39, 0.29) is 5.56 Å². The fourth-order valence-electron chi connectivity index (χ4n) is 3.03. The van der Waals surface area contributed by atoms with Crippen molar-refractivity contribution in [2.24, 2.45) is 0 Å². The van der Waals surface area contributed by atoms with Crippen LogP contribution in [-0.2, 0) is 13.0 Å². The molecule has 0 spiro atoms. The van der Waals surface area contributed by atoms with E-state index in [0.717, 1.165) is 25.2 Å². The normalized spacial score (nSPS) is 19.0. The minimum absolute atomic E-state index is 0.0187. The average Bonchev–Trinajstić information content (AvgIpc) is 2.51. The molecule has 0 bridgehead atoms. The maximum absolute atomic E-state index is 12.8. The number of aryl methyl sites for hydroxylation is 1. The van der Waals surface area contributed by atoms with E-state index in [2.05, 4.69) is 10.3 Å². The highest BCUT2D eigenvalue weighted by Crippen LogP contribution is 2.19. The van der Waals surface area contributed by atoms with Crippen LogP contribution < -0.4 is 10.9 Å². The van der Waals surface area contributed by atoms with Gasteiger partial charge in [-0.1, -0.05) is 31.0 Å². The molecule has 2 aromatic rings. The van der Waals surface area contributed by atoms with Gasteiger partial charge in [-0.3, -0.25) is 9.36 Å². The molecular formula is C16H20ClN3O. The highest BCUT2D eigenvalue weighted by Gasteiger charge is 2.18. The number of nitrogens with zero attached hydrogens (tertiary/aromatic N) is 2. The first-order valence-corrected chi connectivity index (χ1v) is 8.00. The predicted octanol–water partition coefficient (Wildman–Crippen LogP) is 2.75. The SMILES string of the molecule is CCc1nc2cccc(Cl)c2c(=O)n1CC1CCCCN1. The lowest BCUT2D eigenvalue weighted by Gasteiger charge is -2.25. The smallest absolute Gasteiger partial charge is 0.262 e. The number of fused-ring (bicyclic) bond motifs is 1. The van der Waals surface area contributed by atoms with Gasteiger partial charge in [0.15, 0.2) is 0 Å². The molecular weight excluding hydrogens is 286 g/mol. The Morgan fingerprint density at radius 1 is 1.43 bits per heavy atom. The molecule has 1 unspecified atom stereocenters. The summed E-state index contributed by atoms with van der Waals surface area (Å²) in [4.78, 5) is 17.4. The fourth-order valence-corrected chi connectivity index (χ4v) is 3.28. The molecule has 1 aliphatic rings. The molecule has 1 saturated heterocycles. The number of benzene rings is 1. The van der Waals surface area contributed by atoms with Crippen molar-refractivity contribution in [1.29, 1.82) is 0 Å². The third kappa shape index (κ3) is 2.83. The Morgan fingerprint density at radius 2 is 2.29 bits per heavy atom. The van der Waals surface area contributed by atoms with Crippen molar-refractivity contribution >= 4 is 22.5 Å². The maximum atomic E-state index is 12.8. The van der Waals surface area contributed by atoms with E-state index >= 15 is 0 Å². The van der Waals surface area contributed by atoms with Crippen LogP contribution in [-0.4, -0.2) is 22.1 Å². The zero-order valence-electron chi connectivity index (χ0n) is 12.2. The van der Waals surface area contributed by atoms with Gasteiger partial charge in [0.2, 0.25) is 0 Å². The van der Waals surface area contributed by atoms with E-state index in [4.69, 9.17) is 11.6 Å². The van der Waals surface area contributed by atoms with Gasteiger partial charge >= 0.3 is 0 Å². The maximum Gasteiger partial charge on any atom is 0.262 e. The number of nitrogens with one attached hydrogen (secondary N) is 1. The number of halogens is 1. The van der Waals surface area contributed by atoms with Crippen LogP contribution >= 0.6 is 11.6 Å². The van der Waals surface area contributed by atoms with Crippen molar-refractivity contribution in [1.82, 2.24) is 14.9 Å². The molecule has 1 aromatic heterocycles. The molecule has 21 heavy (non-hydrogen) atoms. The number of rotatable bonds is 3. The highest BCUT2D eigenvalue weighted by atomic mass is 35.5. The Morgan fingerprint density at radius 3 is 3.00 bits per heavy atom. The van der Waals surface area contributed by atoms with E-state index in [1.807, 2.05) is 19.1 Å². The number of piperidine rings is 1. The first-order valence-electron chi connectivity index (χ1n) is 7.62. The molecule has 1 fully saturated rings. The van der Waals surface area contributed by atoms with Gasteiger partial charge in [0, 0.05) is 19.0 Å². The van der Waals surface area contributed by atoms with Crippen LogP contribution in [0.3, 0.4) is 0 Å². The van der Waals surface area contributed by atoms with Crippen LogP contribution in [0.2, 0.25) is 5.02 Å². The summed E-state index contributed by atoms with van der Waals surface area (Å²) in [5, 5.41) is 4.51. The molecule has 1 N–H and O–H groups in total. The summed E-state index contributed by atoms with van der Waals surface area (Å²) in [5.74, 6) is 0.835. The summed E-state index contributed by atoms with van der Waals surface area (Å²) in [5.41, 5.74) is 0.673. The fraction of sp³-hybridized carbons (Fsp3) is 0.500. The van der Waals surface area contributed by atoms with Gasteiger partial charge in [0.05, 0.1) is 15.9 Å².